The summed E-state index contributed by atoms with van der Waals surface area (Å²) < 4.78 is 5.44. The lowest BCUT2D eigenvalue weighted by atomic mass is 10.3. The van der Waals surface area contributed by atoms with Gasteiger partial charge in [0.2, 0.25) is 5.88 Å². The maximum absolute atomic E-state index is 12.5. The Kier molecular flexibility index (Phi) is 5.07. The third kappa shape index (κ3) is 3.79. The standard InChI is InChI=1S/C16H20N4O2S/c1-2-22-15-10-14(17-12-18-15)19-5-3-6-20(8-7-19)16(21)13-4-9-23-11-13/h4,9-12H,2-3,5-8H2,1H3. The number of carbonyl (C=O) groups is 1. The SMILES string of the molecule is CCOc1cc(N2CCCN(C(=O)c3ccsc3)CC2)ncn1. The van der Waals surface area contributed by atoms with Gasteiger partial charge in [0.05, 0.1) is 12.2 Å². The lowest BCUT2D eigenvalue weighted by Gasteiger charge is -2.22. The molecule has 0 atom stereocenters. The van der Waals surface area contributed by atoms with E-state index in [2.05, 4.69) is 14.9 Å². The number of aromatic nitrogens is 2. The van der Waals surface area contributed by atoms with Gasteiger partial charge in [-0.2, -0.15) is 11.3 Å². The predicted octanol–water partition coefficient (Wildman–Crippen LogP) is 2.29. The number of anilines is 1. The first-order valence-electron chi connectivity index (χ1n) is 7.79. The van der Waals surface area contributed by atoms with Crippen LogP contribution in [0.25, 0.3) is 0 Å². The van der Waals surface area contributed by atoms with E-state index in [0.29, 0.717) is 19.0 Å². The highest BCUT2D eigenvalue weighted by Crippen LogP contribution is 2.18. The Bertz CT molecular complexity index is 647. The molecule has 6 nitrogen and oxygen atoms in total. The van der Waals surface area contributed by atoms with Crippen molar-refractivity contribution in [2.75, 3.05) is 37.7 Å². The van der Waals surface area contributed by atoms with E-state index in [-0.39, 0.29) is 5.91 Å². The highest BCUT2D eigenvalue weighted by molar-refractivity contribution is 7.08. The van der Waals surface area contributed by atoms with E-state index in [0.717, 1.165) is 37.4 Å². The summed E-state index contributed by atoms with van der Waals surface area (Å²) >= 11 is 1.55. The molecule has 0 aromatic carbocycles. The van der Waals surface area contributed by atoms with Gasteiger partial charge in [-0.3, -0.25) is 4.79 Å². The lowest BCUT2D eigenvalue weighted by Crippen LogP contribution is -2.35. The van der Waals surface area contributed by atoms with Crippen LogP contribution in [0.4, 0.5) is 5.82 Å². The minimum absolute atomic E-state index is 0.116. The Morgan fingerprint density at radius 3 is 3.00 bits per heavy atom. The summed E-state index contributed by atoms with van der Waals surface area (Å²) in [6.07, 6.45) is 2.45. The second kappa shape index (κ2) is 7.41. The Balaban J connectivity index is 1.66. The number of rotatable bonds is 4. The lowest BCUT2D eigenvalue weighted by molar-refractivity contribution is 0.0767. The molecule has 0 spiro atoms. The molecule has 3 rings (SSSR count). The van der Waals surface area contributed by atoms with Gasteiger partial charge < -0.3 is 14.5 Å². The Labute approximate surface area is 139 Å². The summed E-state index contributed by atoms with van der Waals surface area (Å²) in [6.45, 7) is 5.62. The van der Waals surface area contributed by atoms with Gasteiger partial charge in [0, 0.05) is 37.6 Å². The number of nitrogens with zero attached hydrogens (tertiary/aromatic N) is 4. The van der Waals surface area contributed by atoms with Crippen LogP contribution in [0.2, 0.25) is 0 Å². The minimum atomic E-state index is 0.116. The van der Waals surface area contributed by atoms with Crippen molar-refractivity contribution in [3.63, 3.8) is 0 Å². The number of ether oxygens (including phenoxy) is 1. The van der Waals surface area contributed by atoms with Crippen molar-refractivity contribution >= 4 is 23.1 Å². The number of hydrogen-bond acceptors (Lipinski definition) is 6. The monoisotopic (exact) mass is 332 g/mol. The van der Waals surface area contributed by atoms with Crippen LogP contribution in [-0.4, -0.2) is 53.6 Å². The van der Waals surface area contributed by atoms with Crippen molar-refractivity contribution in [3.05, 3.63) is 34.8 Å². The molecule has 1 aliphatic rings. The first kappa shape index (κ1) is 15.7. The van der Waals surface area contributed by atoms with Gasteiger partial charge in [-0.25, -0.2) is 9.97 Å². The fraction of sp³-hybridized carbons (Fsp3) is 0.438. The molecule has 1 aliphatic heterocycles. The molecule has 2 aromatic rings. The summed E-state index contributed by atoms with van der Waals surface area (Å²) in [6, 6.07) is 3.74. The Morgan fingerprint density at radius 2 is 2.22 bits per heavy atom. The quantitative estimate of drug-likeness (QED) is 0.860. The van der Waals surface area contributed by atoms with Crippen molar-refractivity contribution in [3.8, 4) is 5.88 Å². The highest BCUT2D eigenvalue weighted by atomic mass is 32.1. The zero-order valence-electron chi connectivity index (χ0n) is 13.1. The fourth-order valence-corrected chi connectivity index (χ4v) is 3.28. The van der Waals surface area contributed by atoms with Crippen LogP contribution >= 0.6 is 11.3 Å². The average Bonchev–Trinajstić information content (AvgIpc) is 2.99. The fourth-order valence-electron chi connectivity index (χ4n) is 2.65. The van der Waals surface area contributed by atoms with E-state index in [1.807, 2.05) is 34.7 Å². The van der Waals surface area contributed by atoms with E-state index in [1.165, 1.54) is 6.33 Å². The molecule has 0 unspecified atom stereocenters. The summed E-state index contributed by atoms with van der Waals surface area (Å²) in [4.78, 5) is 25.0. The van der Waals surface area contributed by atoms with Crippen LogP contribution < -0.4 is 9.64 Å². The largest absolute Gasteiger partial charge is 0.478 e. The summed E-state index contributed by atoms with van der Waals surface area (Å²) in [5, 5.41) is 3.84. The van der Waals surface area contributed by atoms with Crippen molar-refractivity contribution in [2.45, 2.75) is 13.3 Å². The molecule has 7 heteroatoms. The number of carbonyl (C=O) groups excluding carboxylic acids is 1. The second-order valence-corrected chi connectivity index (χ2v) is 6.07. The molecule has 0 bridgehead atoms. The molecule has 122 valence electrons. The van der Waals surface area contributed by atoms with Crippen LogP contribution in [0.5, 0.6) is 5.88 Å². The average molecular weight is 332 g/mol. The van der Waals surface area contributed by atoms with Gasteiger partial charge in [0.15, 0.2) is 0 Å². The number of thiophene rings is 1. The van der Waals surface area contributed by atoms with Crippen LogP contribution in [0.1, 0.15) is 23.7 Å². The molecular formula is C16H20N4O2S. The van der Waals surface area contributed by atoms with Crippen LogP contribution in [0.3, 0.4) is 0 Å². The second-order valence-electron chi connectivity index (χ2n) is 5.29. The number of hydrogen-bond donors (Lipinski definition) is 0. The summed E-state index contributed by atoms with van der Waals surface area (Å²) in [5.74, 6) is 1.56. The van der Waals surface area contributed by atoms with Gasteiger partial charge >= 0.3 is 0 Å². The summed E-state index contributed by atoms with van der Waals surface area (Å²) in [7, 11) is 0. The predicted molar refractivity (Wildman–Crippen MR) is 90.3 cm³/mol. The summed E-state index contributed by atoms with van der Waals surface area (Å²) in [5.41, 5.74) is 0.782. The van der Waals surface area contributed by atoms with Gasteiger partial charge in [-0.15, -0.1) is 0 Å². The smallest absolute Gasteiger partial charge is 0.254 e. The molecule has 23 heavy (non-hydrogen) atoms. The molecule has 0 saturated carbocycles. The maximum Gasteiger partial charge on any atom is 0.254 e. The molecule has 0 aliphatic carbocycles. The van der Waals surface area contributed by atoms with Crippen LogP contribution in [0, 0.1) is 0 Å². The Morgan fingerprint density at radius 1 is 1.30 bits per heavy atom. The van der Waals surface area contributed by atoms with E-state index in [1.54, 1.807) is 11.3 Å². The molecule has 0 radical (unpaired) electrons. The normalized spacial score (nSPS) is 15.3. The van der Waals surface area contributed by atoms with E-state index in [9.17, 15) is 4.79 Å². The molecule has 1 amide bonds. The molecule has 1 fully saturated rings. The molecule has 1 saturated heterocycles. The van der Waals surface area contributed by atoms with Gasteiger partial charge in [0.25, 0.3) is 5.91 Å². The first-order valence-corrected chi connectivity index (χ1v) is 8.73. The van der Waals surface area contributed by atoms with E-state index in [4.69, 9.17) is 4.74 Å². The third-order valence-electron chi connectivity index (χ3n) is 3.80. The topological polar surface area (TPSA) is 58.6 Å². The van der Waals surface area contributed by atoms with Gasteiger partial charge in [-0.1, -0.05) is 0 Å². The van der Waals surface area contributed by atoms with Crippen molar-refractivity contribution < 1.29 is 9.53 Å². The van der Waals surface area contributed by atoms with Gasteiger partial charge in [-0.05, 0) is 24.8 Å². The van der Waals surface area contributed by atoms with Crippen molar-refractivity contribution in [2.24, 2.45) is 0 Å². The first-order chi connectivity index (χ1) is 11.3. The zero-order valence-corrected chi connectivity index (χ0v) is 14.0. The Hall–Kier alpha value is -2.15. The molecule has 3 heterocycles. The molecular weight excluding hydrogens is 312 g/mol. The maximum atomic E-state index is 12.5. The number of amides is 1. The van der Waals surface area contributed by atoms with Crippen molar-refractivity contribution in [1.29, 1.82) is 0 Å². The minimum Gasteiger partial charge on any atom is -0.478 e. The van der Waals surface area contributed by atoms with E-state index < -0.39 is 0 Å². The van der Waals surface area contributed by atoms with E-state index >= 15 is 0 Å². The zero-order chi connectivity index (χ0) is 16.1. The third-order valence-corrected chi connectivity index (χ3v) is 4.48. The van der Waals surface area contributed by atoms with Crippen LogP contribution in [-0.2, 0) is 0 Å². The molecule has 0 N–H and O–H groups in total. The molecule has 2 aromatic heterocycles. The highest BCUT2D eigenvalue weighted by Gasteiger charge is 2.21. The van der Waals surface area contributed by atoms with Crippen molar-refractivity contribution in [1.82, 2.24) is 14.9 Å². The van der Waals surface area contributed by atoms with Gasteiger partial charge in [0.1, 0.15) is 12.1 Å². The van der Waals surface area contributed by atoms with Crippen LogP contribution in [0.15, 0.2) is 29.2 Å².